The molecule has 2 N–H and O–H groups in total. The number of nitrogens with zero attached hydrogens (tertiary/aromatic N) is 1. The van der Waals surface area contributed by atoms with Crippen LogP contribution in [0.4, 0.5) is 0 Å². The van der Waals surface area contributed by atoms with Crippen molar-refractivity contribution in [3.8, 4) is 0 Å². The summed E-state index contributed by atoms with van der Waals surface area (Å²) in [6, 6.07) is 9.63. The van der Waals surface area contributed by atoms with Crippen molar-refractivity contribution in [3.63, 3.8) is 0 Å². The smallest absolute Gasteiger partial charge is 0.0139 e. The number of nitrogens with two attached hydrogens (primary N) is 1. The lowest BCUT2D eigenvalue weighted by Gasteiger charge is -2.39. The minimum Gasteiger partial charge on any atom is -0.330 e. The van der Waals surface area contributed by atoms with Gasteiger partial charge in [-0.2, -0.15) is 0 Å². The van der Waals surface area contributed by atoms with Gasteiger partial charge in [0.05, 0.1) is 0 Å². The third-order valence-electron chi connectivity index (χ3n) is 4.53. The summed E-state index contributed by atoms with van der Waals surface area (Å²) in [7, 11) is 0. The van der Waals surface area contributed by atoms with Crippen LogP contribution in [-0.4, -0.2) is 30.6 Å². The summed E-state index contributed by atoms with van der Waals surface area (Å²) in [5.41, 5.74) is 9.25. The molecule has 0 heterocycles. The lowest BCUT2D eigenvalue weighted by atomic mass is 9.85. The maximum Gasteiger partial charge on any atom is 0.0139 e. The molecule has 0 bridgehead atoms. The third-order valence-corrected chi connectivity index (χ3v) is 4.53. The lowest BCUT2D eigenvalue weighted by molar-refractivity contribution is 0.122. The average molecular weight is 274 g/mol. The van der Waals surface area contributed by atoms with Crippen molar-refractivity contribution < 1.29 is 0 Å². The predicted octanol–water partition coefficient (Wildman–Crippen LogP) is 3.24. The Balaban J connectivity index is 2.08. The Morgan fingerprint density at radius 2 is 1.95 bits per heavy atom. The molecule has 0 fully saturated rings. The molecule has 1 aliphatic rings. The fourth-order valence-corrected chi connectivity index (χ4v) is 3.28. The number of hydrogen-bond acceptors (Lipinski definition) is 2. The number of fused-ring (bicyclic) bond motifs is 1. The van der Waals surface area contributed by atoms with E-state index in [1.165, 1.54) is 32.2 Å². The summed E-state index contributed by atoms with van der Waals surface area (Å²) in [5, 5.41) is 0. The average Bonchev–Trinajstić information content (AvgIpc) is 2.46. The number of benzene rings is 1. The quantitative estimate of drug-likeness (QED) is 0.863. The van der Waals surface area contributed by atoms with Gasteiger partial charge in [-0.1, -0.05) is 45.0 Å². The minimum atomic E-state index is 0.214. The van der Waals surface area contributed by atoms with Gasteiger partial charge in [-0.15, -0.1) is 0 Å². The summed E-state index contributed by atoms with van der Waals surface area (Å²) >= 11 is 0. The number of rotatable bonds is 6. The molecule has 1 unspecified atom stereocenters. The molecule has 112 valence electrons. The van der Waals surface area contributed by atoms with Crippen LogP contribution < -0.4 is 5.73 Å². The Bertz CT molecular complexity index is 425. The lowest BCUT2D eigenvalue weighted by Crippen LogP contribution is -2.46. The summed E-state index contributed by atoms with van der Waals surface area (Å²) < 4.78 is 0. The molecule has 1 aliphatic carbocycles. The molecule has 0 aliphatic heterocycles. The summed E-state index contributed by atoms with van der Waals surface area (Å²) in [6.45, 7) is 9.91. The molecule has 1 aromatic rings. The van der Waals surface area contributed by atoms with Gasteiger partial charge in [-0.3, -0.25) is 4.90 Å². The van der Waals surface area contributed by atoms with Crippen molar-refractivity contribution in [2.24, 2.45) is 11.1 Å². The van der Waals surface area contributed by atoms with E-state index in [4.69, 9.17) is 5.73 Å². The third kappa shape index (κ3) is 3.83. The highest BCUT2D eigenvalue weighted by Crippen LogP contribution is 2.27. The van der Waals surface area contributed by atoms with E-state index in [1.807, 2.05) is 0 Å². The van der Waals surface area contributed by atoms with Gasteiger partial charge < -0.3 is 5.73 Å². The molecular formula is C18H30N2. The molecular weight excluding hydrogens is 244 g/mol. The van der Waals surface area contributed by atoms with Gasteiger partial charge >= 0.3 is 0 Å². The molecule has 1 aromatic carbocycles. The minimum absolute atomic E-state index is 0.214. The molecule has 1 atom stereocenters. The zero-order valence-corrected chi connectivity index (χ0v) is 13.4. The van der Waals surface area contributed by atoms with Crippen molar-refractivity contribution in [1.29, 1.82) is 0 Å². The van der Waals surface area contributed by atoms with E-state index >= 15 is 0 Å². The summed E-state index contributed by atoms with van der Waals surface area (Å²) in [4.78, 5) is 2.68. The first kappa shape index (κ1) is 15.5. The first-order valence-corrected chi connectivity index (χ1v) is 8.06. The maximum atomic E-state index is 5.93. The molecule has 0 radical (unpaired) electrons. The monoisotopic (exact) mass is 274 g/mol. The zero-order chi connectivity index (χ0) is 14.6. The van der Waals surface area contributed by atoms with Gasteiger partial charge in [0, 0.05) is 12.6 Å². The van der Waals surface area contributed by atoms with Crippen LogP contribution >= 0.6 is 0 Å². The van der Waals surface area contributed by atoms with E-state index in [1.54, 1.807) is 11.1 Å². The van der Waals surface area contributed by atoms with Crippen molar-refractivity contribution in [1.82, 2.24) is 4.90 Å². The highest BCUT2D eigenvalue weighted by molar-refractivity contribution is 5.30. The fraction of sp³-hybridized carbons (Fsp3) is 0.667. The van der Waals surface area contributed by atoms with Crippen LogP contribution in [-0.2, 0) is 12.8 Å². The molecule has 0 amide bonds. The van der Waals surface area contributed by atoms with Crippen molar-refractivity contribution in [2.75, 3.05) is 19.6 Å². The van der Waals surface area contributed by atoms with E-state index in [9.17, 15) is 0 Å². The zero-order valence-electron chi connectivity index (χ0n) is 13.4. The first-order valence-electron chi connectivity index (χ1n) is 8.06. The maximum absolute atomic E-state index is 5.93. The molecule has 2 heteroatoms. The van der Waals surface area contributed by atoms with Gasteiger partial charge in [-0.05, 0) is 55.3 Å². The van der Waals surface area contributed by atoms with Gasteiger partial charge in [-0.25, -0.2) is 0 Å². The van der Waals surface area contributed by atoms with Crippen LogP contribution in [0.2, 0.25) is 0 Å². The van der Waals surface area contributed by atoms with E-state index < -0.39 is 0 Å². The second-order valence-corrected chi connectivity index (χ2v) is 7.00. The van der Waals surface area contributed by atoms with Gasteiger partial charge in [0.25, 0.3) is 0 Å². The van der Waals surface area contributed by atoms with Crippen LogP contribution in [0.15, 0.2) is 24.3 Å². The van der Waals surface area contributed by atoms with Crippen LogP contribution in [0.25, 0.3) is 0 Å². The highest BCUT2D eigenvalue weighted by atomic mass is 15.2. The van der Waals surface area contributed by atoms with Crippen LogP contribution in [0, 0.1) is 5.41 Å². The van der Waals surface area contributed by atoms with Crippen molar-refractivity contribution in [3.05, 3.63) is 35.4 Å². The van der Waals surface area contributed by atoms with Crippen LogP contribution in [0.3, 0.4) is 0 Å². The molecule has 0 saturated heterocycles. The van der Waals surface area contributed by atoms with Crippen molar-refractivity contribution >= 4 is 0 Å². The van der Waals surface area contributed by atoms with E-state index in [2.05, 4.69) is 49.9 Å². The van der Waals surface area contributed by atoms with E-state index in [0.717, 1.165) is 13.1 Å². The highest BCUT2D eigenvalue weighted by Gasteiger charge is 2.27. The molecule has 0 aromatic heterocycles. The van der Waals surface area contributed by atoms with Crippen LogP contribution in [0.5, 0.6) is 0 Å². The van der Waals surface area contributed by atoms with E-state index in [-0.39, 0.29) is 5.41 Å². The molecule has 2 rings (SSSR count). The molecule has 0 saturated carbocycles. The predicted molar refractivity (Wildman–Crippen MR) is 87.0 cm³/mol. The Kier molecular flexibility index (Phi) is 5.22. The summed E-state index contributed by atoms with van der Waals surface area (Å²) in [6.07, 6.45) is 4.94. The Hall–Kier alpha value is -0.860. The summed E-state index contributed by atoms with van der Waals surface area (Å²) in [5.74, 6) is 0. The number of aryl methyl sites for hydroxylation is 1. The second kappa shape index (κ2) is 6.73. The van der Waals surface area contributed by atoms with Gasteiger partial charge in [0.1, 0.15) is 0 Å². The molecule has 0 spiro atoms. The van der Waals surface area contributed by atoms with Gasteiger partial charge in [0.15, 0.2) is 0 Å². The Labute approximate surface area is 124 Å². The Morgan fingerprint density at radius 1 is 1.25 bits per heavy atom. The van der Waals surface area contributed by atoms with Crippen molar-refractivity contribution in [2.45, 2.75) is 52.5 Å². The first-order chi connectivity index (χ1) is 9.55. The fourth-order valence-electron chi connectivity index (χ4n) is 3.28. The van der Waals surface area contributed by atoms with Crippen LogP contribution in [0.1, 0.15) is 44.7 Å². The van der Waals surface area contributed by atoms with E-state index in [0.29, 0.717) is 6.04 Å². The normalized spacial score (nSPS) is 19.1. The Morgan fingerprint density at radius 3 is 2.60 bits per heavy atom. The molecule has 2 nitrogen and oxygen atoms in total. The van der Waals surface area contributed by atoms with Gasteiger partial charge in [0.2, 0.25) is 0 Å². The standard InChI is InChI=1S/C18H30N2/c1-4-11-20(14-18(2,3)13-19)17-10-9-15-7-5-6-8-16(15)12-17/h5-8,17H,4,9-14,19H2,1-3H3. The SMILES string of the molecule is CCCN(CC(C)(C)CN)C1CCc2ccccc2C1. The topological polar surface area (TPSA) is 29.3 Å². The second-order valence-electron chi connectivity index (χ2n) is 7.00. The number of hydrogen-bond donors (Lipinski definition) is 1. The largest absolute Gasteiger partial charge is 0.330 e. The molecule has 20 heavy (non-hydrogen) atoms.